The van der Waals surface area contributed by atoms with Gasteiger partial charge in [0.2, 0.25) is 5.76 Å². The van der Waals surface area contributed by atoms with Crippen molar-refractivity contribution in [2.45, 2.75) is 6.54 Å². The summed E-state index contributed by atoms with van der Waals surface area (Å²) in [4.78, 5) is 12.1. The number of ether oxygens (including phenoxy) is 2. The summed E-state index contributed by atoms with van der Waals surface area (Å²) in [7, 11) is 0. The van der Waals surface area contributed by atoms with Gasteiger partial charge >= 0.3 is 0 Å². The monoisotopic (exact) mass is 363 g/mol. The Morgan fingerprint density at radius 3 is 2.82 bits per heavy atom. The second kappa shape index (κ2) is 6.65. The lowest BCUT2D eigenvalue weighted by molar-refractivity contribution is -0.117. The zero-order valence-electron chi connectivity index (χ0n) is 11.7. The minimum atomic E-state index is -0.350. The van der Waals surface area contributed by atoms with Gasteiger partial charge < -0.3 is 14.8 Å². The molecule has 3 rings (SSSR count). The molecule has 0 unspecified atom stereocenters. The lowest BCUT2D eigenvalue weighted by Gasteiger charge is -2.15. The summed E-state index contributed by atoms with van der Waals surface area (Å²) in [5.74, 6) is 0.419. The van der Waals surface area contributed by atoms with E-state index in [-0.39, 0.29) is 11.7 Å². The first-order valence-corrected chi connectivity index (χ1v) is 7.54. The third-order valence-electron chi connectivity index (χ3n) is 3.08. The Morgan fingerprint density at radius 1 is 1.27 bits per heavy atom. The van der Waals surface area contributed by atoms with Crippen LogP contribution in [0.3, 0.4) is 0 Å². The fraction of sp³-hybridized carbons (Fsp3) is 0.200. The Bertz CT molecular complexity index is 694. The van der Waals surface area contributed by atoms with Crippen LogP contribution in [0, 0.1) is 0 Å². The zero-order chi connectivity index (χ0) is 15.4. The second-order valence-corrected chi connectivity index (χ2v) is 5.57. The molecule has 0 bridgehead atoms. The van der Waals surface area contributed by atoms with Crippen LogP contribution in [0.4, 0.5) is 5.82 Å². The Hall–Kier alpha value is -2.28. The molecule has 1 aliphatic rings. The molecule has 1 N–H and O–H groups in total. The van der Waals surface area contributed by atoms with Gasteiger partial charge in [0.1, 0.15) is 25.3 Å². The number of carbonyl (C=O) groups excluding carboxylic acids is 1. The summed E-state index contributed by atoms with van der Waals surface area (Å²) in [6.45, 7) is 1.39. The minimum absolute atomic E-state index is 0.169. The van der Waals surface area contributed by atoms with Crippen LogP contribution in [0.5, 0.6) is 0 Å². The molecular weight excluding hydrogens is 350 g/mol. The highest BCUT2D eigenvalue weighted by atomic mass is 79.9. The third-order valence-corrected chi connectivity index (χ3v) is 3.61. The summed E-state index contributed by atoms with van der Waals surface area (Å²) in [5.41, 5.74) is 1.08. The summed E-state index contributed by atoms with van der Waals surface area (Å²) in [5, 5.41) is 7.00. The molecule has 114 valence electrons. The summed E-state index contributed by atoms with van der Waals surface area (Å²) < 4.78 is 13.1. The first-order valence-electron chi connectivity index (χ1n) is 6.74. The third kappa shape index (κ3) is 3.48. The SMILES string of the molecule is O=C(Nc1ccnn1Cc1ccc(Br)cc1)C1=COCCO1. The van der Waals surface area contributed by atoms with E-state index in [1.54, 1.807) is 16.9 Å². The van der Waals surface area contributed by atoms with E-state index in [9.17, 15) is 4.79 Å². The average molecular weight is 364 g/mol. The highest BCUT2D eigenvalue weighted by Crippen LogP contribution is 2.15. The van der Waals surface area contributed by atoms with Gasteiger partial charge in [-0.1, -0.05) is 28.1 Å². The molecule has 0 saturated carbocycles. The van der Waals surface area contributed by atoms with Gasteiger partial charge in [-0.3, -0.25) is 4.79 Å². The molecule has 0 radical (unpaired) electrons. The molecule has 0 aliphatic carbocycles. The Kier molecular flexibility index (Phi) is 4.43. The highest BCUT2D eigenvalue weighted by molar-refractivity contribution is 9.10. The number of carbonyl (C=O) groups is 1. The molecular formula is C15H14BrN3O3. The standard InChI is InChI=1S/C15H14BrN3O3/c16-12-3-1-11(2-4-12)9-19-14(5-6-17-19)18-15(20)13-10-21-7-8-22-13/h1-6,10H,7-9H2,(H,18,20). The van der Waals surface area contributed by atoms with Gasteiger partial charge in [-0.25, -0.2) is 4.68 Å². The predicted molar refractivity (Wildman–Crippen MR) is 84.1 cm³/mol. The Labute approximate surface area is 135 Å². The molecule has 0 atom stereocenters. The summed E-state index contributed by atoms with van der Waals surface area (Å²) in [6.07, 6.45) is 2.97. The number of hydrogen-bond donors (Lipinski definition) is 1. The van der Waals surface area contributed by atoms with Gasteiger partial charge in [0.25, 0.3) is 5.91 Å². The maximum atomic E-state index is 12.1. The van der Waals surface area contributed by atoms with Gasteiger partial charge in [0, 0.05) is 10.5 Å². The number of amides is 1. The fourth-order valence-corrected chi connectivity index (χ4v) is 2.26. The van der Waals surface area contributed by atoms with Crippen LogP contribution in [0.25, 0.3) is 0 Å². The predicted octanol–water partition coefficient (Wildman–Crippen LogP) is 2.52. The Balaban J connectivity index is 1.70. The lowest BCUT2D eigenvalue weighted by Crippen LogP contribution is -2.22. The van der Waals surface area contributed by atoms with Crippen molar-refractivity contribution >= 4 is 27.7 Å². The molecule has 7 heteroatoms. The Morgan fingerprint density at radius 2 is 2.09 bits per heavy atom. The van der Waals surface area contributed by atoms with E-state index < -0.39 is 0 Å². The molecule has 0 spiro atoms. The van der Waals surface area contributed by atoms with Crippen molar-refractivity contribution in [3.05, 3.63) is 58.6 Å². The van der Waals surface area contributed by atoms with Crippen LogP contribution in [-0.4, -0.2) is 28.9 Å². The van der Waals surface area contributed by atoms with Crippen LogP contribution in [0.1, 0.15) is 5.56 Å². The first-order chi connectivity index (χ1) is 10.7. The number of rotatable bonds is 4. The molecule has 2 aromatic rings. The average Bonchev–Trinajstić information content (AvgIpc) is 2.97. The van der Waals surface area contributed by atoms with Crippen molar-refractivity contribution in [2.24, 2.45) is 0 Å². The molecule has 1 aliphatic heterocycles. The molecule has 0 saturated heterocycles. The summed E-state index contributed by atoms with van der Waals surface area (Å²) >= 11 is 3.40. The van der Waals surface area contributed by atoms with Crippen molar-refractivity contribution in [3.8, 4) is 0 Å². The van der Waals surface area contributed by atoms with Gasteiger partial charge in [0.15, 0.2) is 0 Å². The molecule has 0 fully saturated rings. The molecule has 1 aromatic heterocycles. The maximum Gasteiger partial charge on any atom is 0.295 e. The molecule has 22 heavy (non-hydrogen) atoms. The van der Waals surface area contributed by atoms with Crippen molar-refractivity contribution in [2.75, 3.05) is 18.5 Å². The molecule has 2 heterocycles. The quantitative estimate of drug-likeness (QED) is 0.906. The lowest BCUT2D eigenvalue weighted by atomic mass is 10.2. The first kappa shape index (κ1) is 14.6. The van der Waals surface area contributed by atoms with Crippen molar-refractivity contribution in [3.63, 3.8) is 0 Å². The number of aromatic nitrogens is 2. The van der Waals surface area contributed by atoms with E-state index >= 15 is 0 Å². The molecule has 1 amide bonds. The van der Waals surface area contributed by atoms with E-state index in [0.29, 0.717) is 25.6 Å². The van der Waals surface area contributed by atoms with E-state index in [4.69, 9.17) is 9.47 Å². The van der Waals surface area contributed by atoms with Crippen LogP contribution >= 0.6 is 15.9 Å². The van der Waals surface area contributed by atoms with Crippen molar-refractivity contribution < 1.29 is 14.3 Å². The van der Waals surface area contributed by atoms with Gasteiger partial charge in [-0.05, 0) is 17.7 Å². The number of halogens is 1. The topological polar surface area (TPSA) is 65.4 Å². The number of nitrogens with zero attached hydrogens (tertiary/aromatic N) is 2. The highest BCUT2D eigenvalue weighted by Gasteiger charge is 2.16. The molecule has 6 nitrogen and oxygen atoms in total. The maximum absolute atomic E-state index is 12.1. The largest absolute Gasteiger partial charge is 0.494 e. The smallest absolute Gasteiger partial charge is 0.295 e. The van der Waals surface area contributed by atoms with Crippen molar-refractivity contribution in [1.82, 2.24) is 9.78 Å². The normalized spacial score (nSPS) is 13.8. The fourth-order valence-electron chi connectivity index (χ4n) is 1.99. The number of anilines is 1. The van der Waals surface area contributed by atoms with Crippen LogP contribution in [-0.2, 0) is 20.8 Å². The number of hydrogen-bond acceptors (Lipinski definition) is 4. The van der Waals surface area contributed by atoms with E-state index in [2.05, 4.69) is 26.3 Å². The second-order valence-electron chi connectivity index (χ2n) is 4.66. The van der Waals surface area contributed by atoms with Gasteiger partial charge in [-0.15, -0.1) is 0 Å². The van der Waals surface area contributed by atoms with Crippen LogP contribution < -0.4 is 5.32 Å². The van der Waals surface area contributed by atoms with Crippen molar-refractivity contribution in [1.29, 1.82) is 0 Å². The van der Waals surface area contributed by atoms with Gasteiger partial charge in [0.05, 0.1) is 12.7 Å². The number of benzene rings is 1. The van der Waals surface area contributed by atoms with Crippen LogP contribution in [0.2, 0.25) is 0 Å². The zero-order valence-corrected chi connectivity index (χ0v) is 13.2. The van der Waals surface area contributed by atoms with Gasteiger partial charge in [-0.2, -0.15) is 5.10 Å². The summed E-state index contributed by atoms with van der Waals surface area (Å²) in [6, 6.07) is 9.67. The van der Waals surface area contributed by atoms with E-state index in [1.165, 1.54) is 6.26 Å². The van der Waals surface area contributed by atoms with Crippen LogP contribution in [0.15, 0.2) is 53.0 Å². The number of nitrogens with one attached hydrogen (secondary N) is 1. The minimum Gasteiger partial charge on any atom is -0.494 e. The van der Waals surface area contributed by atoms with E-state index in [1.807, 2.05) is 24.3 Å². The molecule has 1 aromatic carbocycles. The van der Waals surface area contributed by atoms with E-state index in [0.717, 1.165) is 10.0 Å².